The Labute approximate surface area is 318 Å². The van der Waals surface area contributed by atoms with E-state index in [-0.39, 0.29) is 40.7 Å². The number of piperazine rings is 1. The first-order valence-corrected chi connectivity index (χ1v) is 16.5. The number of aryl methyl sites for hydroxylation is 1. The number of halogens is 4. The van der Waals surface area contributed by atoms with Crippen molar-refractivity contribution in [2.24, 2.45) is 0 Å². The van der Waals surface area contributed by atoms with Crippen LogP contribution in [0.1, 0.15) is 17.3 Å². The Morgan fingerprint density at radius 3 is 2.18 bits per heavy atom. The molecule has 0 atom stereocenters. The predicted molar refractivity (Wildman–Crippen MR) is 189 cm³/mol. The summed E-state index contributed by atoms with van der Waals surface area (Å²) < 4.78 is 30.4. The summed E-state index contributed by atoms with van der Waals surface area (Å²) in [7, 11) is 0. The number of nitrogens with zero attached hydrogens (tertiary/aromatic N) is 4. The molecule has 1 fully saturated rings. The van der Waals surface area contributed by atoms with Gasteiger partial charge in [-0.15, -0.1) is 0 Å². The van der Waals surface area contributed by atoms with E-state index in [1.807, 2.05) is 66.4 Å². The second-order valence-corrected chi connectivity index (χ2v) is 12.3. The van der Waals surface area contributed by atoms with E-state index in [2.05, 4.69) is 26.2 Å². The van der Waals surface area contributed by atoms with Gasteiger partial charge in [0.05, 0.1) is 39.8 Å². The quantitative estimate of drug-likeness (QED) is 0.258. The number of nitrogens with one attached hydrogen (secondary N) is 1. The van der Waals surface area contributed by atoms with Crippen molar-refractivity contribution < 1.29 is 48.2 Å². The minimum absolute atomic E-state index is 0. The van der Waals surface area contributed by atoms with Gasteiger partial charge in [-0.25, -0.2) is 13.8 Å². The largest absolute Gasteiger partial charge is 2.00 e. The number of hydrogen-bond acceptors (Lipinski definition) is 7. The van der Waals surface area contributed by atoms with Crippen LogP contribution in [0, 0.1) is 11.6 Å². The summed E-state index contributed by atoms with van der Waals surface area (Å²) in [4.78, 5) is 34.5. The summed E-state index contributed by atoms with van der Waals surface area (Å²) >= 11 is 3.46. The molecule has 1 N–H and O–H groups in total. The number of fused-ring (bicyclic) bond motifs is 1. The summed E-state index contributed by atoms with van der Waals surface area (Å²) in [6.45, 7) is 5.18. The van der Waals surface area contributed by atoms with Gasteiger partial charge in [0, 0.05) is 60.5 Å². The number of rotatable bonds is 6. The SMILES string of the molecule is CCn1cc(C(=O)[O-])c(=O)c2cc(F)c(N3CCNCC3)cc21.Fc1ccc(-c2cc(-c3ccc(Br)cc3)nc(-c3ccccn3)c2)cc1.[Cl-].[Cu+2]. The van der Waals surface area contributed by atoms with Crippen molar-refractivity contribution in [3.8, 4) is 33.8 Å². The Kier molecular flexibility index (Phi) is 13.6. The Morgan fingerprint density at radius 2 is 1.55 bits per heavy atom. The van der Waals surface area contributed by atoms with Gasteiger partial charge >= 0.3 is 17.1 Å². The average molecular weight is 823 g/mol. The van der Waals surface area contributed by atoms with Gasteiger partial charge in [-0.3, -0.25) is 9.78 Å². The van der Waals surface area contributed by atoms with Crippen molar-refractivity contribution in [3.63, 3.8) is 0 Å². The maximum atomic E-state index is 14.5. The molecule has 0 aliphatic carbocycles. The molecule has 0 amide bonds. The van der Waals surface area contributed by atoms with E-state index in [9.17, 15) is 23.5 Å². The Hall–Kier alpha value is -4.45. The number of benzene rings is 3. The van der Waals surface area contributed by atoms with Crippen LogP contribution in [-0.2, 0) is 23.6 Å². The molecular weight excluding hydrogens is 791 g/mol. The van der Waals surface area contributed by atoms with Crippen LogP contribution in [0.4, 0.5) is 14.5 Å². The van der Waals surface area contributed by atoms with E-state index in [4.69, 9.17) is 4.98 Å². The Bertz CT molecular complexity index is 2120. The molecule has 7 rings (SSSR count). The van der Waals surface area contributed by atoms with Gasteiger partial charge in [-0.1, -0.05) is 46.3 Å². The zero-order chi connectivity index (χ0) is 34.5. The monoisotopic (exact) mass is 820 g/mol. The van der Waals surface area contributed by atoms with Crippen LogP contribution < -0.4 is 33.2 Å². The third-order valence-corrected chi connectivity index (χ3v) is 8.77. The minimum atomic E-state index is -1.55. The Morgan fingerprint density at radius 1 is 0.882 bits per heavy atom. The summed E-state index contributed by atoms with van der Waals surface area (Å²) in [6.07, 6.45) is 3.01. The predicted octanol–water partition coefficient (Wildman–Crippen LogP) is 3.31. The van der Waals surface area contributed by atoms with E-state index < -0.39 is 22.8 Å². The van der Waals surface area contributed by atoms with Crippen molar-refractivity contribution in [3.05, 3.63) is 135 Å². The summed E-state index contributed by atoms with van der Waals surface area (Å²) in [5.41, 5.74) is 5.14. The van der Waals surface area contributed by atoms with Crippen molar-refractivity contribution in [2.45, 2.75) is 13.5 Å². The molecule has 1 aliphatic heterocycles. The van der Waals surface area contributed by atoms with Gasteiger partial charge in [-0.05, 0) is 78.7 Å². The van der Waals surface area contributed by atoms with Crippen molar-refractivity contribution in [1.29, 1.82) is 0 Å². The van der Waals surface area contributed by atoms with E-state index in [0.29, 0.717) is 30.8 Å². The van der Waals surface area contributed by atoms with E-state index in [1.165, 1.54) is 18.3 Å². The van der Waals surface area contributed by atoms with Gasteiger partial charge in [0.25, 0.3) is 0 Å². The van der Waals surface area contributed by atoms with Gasteiger partial charge in [0.1, 0.15) is 11.6 Å². The number of aromatic carboxylic acids is 1. The first kappa shape index (κ1) is 39.3. The second-order valence-electron chi connectivity index (χ2n) is 11.4. The minimum Gasteiger partial charge on any atom is -1.00 e. The first-order chi connectivity index (χ1) is 23.7. The normalized spacial score (nSPS) is 12.3. The standard InChI is InChI=1S/C22H14BrFN2.C16H18FN3O3.ClH.Cu/c23-18-8-4-16(5-9-18)21-13-17(15-6-10-19(24)11-7-15)14-22(26-21)20-3-1-2-12-25-20;1-2-19-9-11(16(22)23)15(21)10-7-12(17)14(8-13(10)19)20-5-3-18-4-6-20;;/h1-14H;7-9,18H,2-6H2,1H3,(H,22,23);1H;/q;;;+2/p-2. The molecule has 0 unspecified atom stereocenters. The number of carboxylic acids is 1. The molecule has 265 valence electrons. The molecule has 1 radical (unpaired) electrons. The van der Waals surface area contributed by atoms with E-state index in [0.717, 1.165) is 57.4 Å². The molecule has 0 saturated carbocycles. The first-order valence-electron chi connectivity index (χ1n) is 15.7. The molecule has 51 heavy (non-hydrogen) atoms. The smallest absolute Gasteiger partial charge is 1.00 e. The maximum Gasteiger partial charge on any atom is 2.00 e. The summed E-state index contributed by atoms with van der Waals surface area (Å²) in [6, 6.07) is 27.0. The van der Waals surface area contributed by atoms with Gasteiger partial charge < -0.3 is 37.1 Å². The third-order valence-electron chi connectivity index (χ3n) is 8.24. The molecule has 1 saturated heterocycles. The van der Waals surface area contributed by atoms with E-state index >= 15 is 0 Å². The van der Waals surface area contributed by atoms with Crippen LogP contribution in [0.3, 0.4) is 0 Å². The number of anilines is 1. The molecule has 13 heteroatoms. The maximum absolute atomic E-state index is 14.5. The van der Waals surface area contributed by atoms with Crippen LogP contribution in [0.5, 0.6) is 0 Å². The van der Waals surface area contributed by atoms with Crippen molar-refractivity contribution in [1.82, 2.24) is 19.9 Å². The van der Waals surface area contributed by atoms with Crippen LogP contribution in [-0.4, -0.2) is 46.7 Å². The van der Waals surface area contributed by atoms with Gasteiger partial charge in [0.15, 0.2) is 5.43 Å². The molecule has 0 bridgehead atoms. The van der Waals surface area contributed by atoms with Crippen molar-refractivity contribution >= 4 is 38.5 Å². The molecule has 3 aromatic carbocycles. The van der Waals surface area contributed by atoms with E-state index in [1.54, 1.807) is 29.0 Å². The van der Waals surface area contributed by atoms with Crippen LogP contribution in [0.2, 0.25) is 0 Å². The van der Waals surface area contributed by atoms with Gasteiger partial charge in [-0.2, -0.15) is 0 Å². The van der Waals surface area contributed by atoms with Crippen LogP contribution in [0.15, 0.2) is 113 Å². The second kappa shape index (κ2) is 17.7. The zero-order valence-corrected chi connectivity index (χ0v) is 30.5. The zero-order valence-electron chi connectivity index (χ0n) is 27.2. The van der Waals surface area contributed by atoms with Crippen LogP contribution in [0.25, 0.3) is 44.7 Å². The molecule has 3 aromatic heterocycles. The molecule has 4 heterocycles. The number of hydrogen-bond donors (Lipinski definition) is 1. The van der Waals surface area contributed by atoms with Crippen molar-refractivity contribution in [2.75, 3.05) is 31.1 Å². The molecule has 8 nitrogen and oxygen atoms in total. The molecule has 0 spiro atoms. The number of carboxylic acid groups (broad SMARTS) is 1. The Balaban J connectivity index is 0.000000222. The number of carbonyl (C=O) groups is 1. The summed E-state index contributed by atoms with van der Waals surface area (Å²) in [5, 5.41) is 14.4. The average Bonchev–Trinajstić information content (AvgIpc) is 3.13. The molecule has 1 aliphatic rings. The molecule has 6 aromatic rings. The van der Waals surface area contributed by atoms with Gasteiger partial charge in [0.2, 0.25) is 0 Å². The molecular formula is C38H31BrClCuF2N5O3. The fourth-order valence-electron chi connectivity index (χ4n) is 5.71. The fraction of sp³-hybridized carbons (Fsp3) is 0.158. The fourth-order valence-corrected chi connectivity index (χ4v) is 5.97. The van der Waals surface area contributed by atoms with Crippen LogP contribution >= 0.6 is 15.9 Å². The topological polar surface area (TPSA) is 103 Å². The third kappa shape index (κ3) is 9.08. The summed E-state index contributed by atoms with van der Waals surface area (Å²) in [5.74, 6) is -2.32. The number of carbonyl (C=O) groups excluding carboxylic acids is 1. The number of aromatic nitrogens is 3. The number of pyridine rings is 3.